The quantitative estimate of drug-likeness (QED) is 0.373. The average Bonchev–Trinajstić information content (AvgIpc) is 2.85. The molecule has 0 aromatic heterocycles. The zero-order chi connectivity index (χ0) is 24.5. The number of amides is 2. The second-order valence-electron chi connectivity index (χ2n) is 7.48. The van der Waals surface area contributed by atoms with E-state index in [0.717, 1.165) is 11.1 Å². The molecular weight excluding hydrogens is 430 g/mol. The molecule has 172 valence electrons. The van der Waals surface area contributed by atoms with Gasteiger partial charge in [0, 0.05) is 5.69 Å². The Morgan fingerprint density at radius 1 is 0.941 bits per heavy atom. The van der Waals surface area contributed by atoms with Crippen LogP contribution in [0.15, 0.2) is 72.3 Å². The van der Waals surface area contributed by atoms with E-state index in [1.54, 1.807) is 48.5 Å². The largest absolute Gasteiger partial charge is 0.495 e. The maximum absolute atomic E-state index is 12.6. The molecule has 2 N–H and O–H groups in total. The molecule has 0 aliphatic heterocycles. The predicted molar refractivity (Wildman–Crippen MR) is 132 cm³/mol. The van der Waals surface area contributed by atoms with E-state index in [0.29, 0.717) is 28.4 Å². The monoisotopic (exact) mass is 455 g/mol. The Morgan fingerprint density at radius 2 is 1.65 bits per heavy atom. The molecule has 0 radical (unpaired) electrons. The molecule has 0 heterocycles. The fraction of sp³-hybridized carbons (Fsp3) is 0.148. The number of benzene rings is 3. The predicted octanol–water partition coefficient (Wildman–Crippen LogP) is 4.88. The first-order chi connectivity index (χ1) is 16.4. The molecule has 0 spiro atoms. The van der Waals surface area contributed by atoms with Gasteiger partial charge in [-0.05, 0) is 66.9 Å². The SMILES string of the molecule is COc1ccccc1NC(=O)COc1ccc(/C=C(\C#N)C(=O)Nc2cccc(C)c2C)cc1. The van der Waals surface area contributed by atoms with Gasteiger partial charge >= 0.3 is 0 Å². The van der Waals surface area contributed by atoms with E-state index in [2.05, 4.69) is 10.6 Å². The first-order valence-electron chi connectivity index (χ1n) is 10.6. The maximum Gasteiger partial charge on any atom is 0.266 e. The lowest BCUT2D eigenvalue weighted by molar-refractivity contribution is -0.118. The number of carbonyl (C=O) groups is 2. The lowest BCUT2D eigenvalue weighted by Crippen LogP contribution is -2.20. The molecule has 7 heteroatoms. The molecule has 7 nitrogen and oxygen atoms in total. The summed E-state index contributed by atoms with van der Waals surface area (Å²) in [6.07, 6.45) is 1.50. The minimum atomic E-state index is -0.482. The van der Waals surface area contributed by atoms with Gasteiger partial charge in [-0.25, -0.2) is 0 Å². The van der Waals surface area contributed by atoms with Gasteiger partial charge in [0.1, 0.15) is 23.1 Å². The first kappa shape index (κ1) is 24.1. The number of para-hydroxylation sites is 2. The van der Waals surface area contributed by atoms with Gasteiger partial charge < -0.3 is 20.1 Å². The highest BCUT2D eigenvalue weighted by Gasteiger charge is 2.12. The van der Waals surface area contributed by atoms with Crippen molar-refractivity contribution in [1.82, 2.24) is 0 Å². The molecule has 3 rings (SSSR count). The van der Waals surface area contributed by atoms with Crippen molar-refractivity contribution < 1.29 is 19.1 Å². The smallest absolute Gasteiger partial charge is 0.266 e. The fourth-order valence-corrected chi connectivity index (χ4v) is 3.13. The Balaban J connectivity index is 1.60. The molecule has 34 heavy (non-hydrogen) atoms. The van der Waals surface area contributed by atoms with E-state index >= 15 is 0 Å². The number of hydrogen-bond acceptors (Lipinski definition) is 5. The van der Waals surface area contributed by atoms with Gasteiger partial charge in [-0.15, -0.1) is 0 Å². The third-order valence-electron chi connectivity index (χ3n) is 5.16. The summed E-state index contributed by atoms with van der Waals surface area (Å²) in [6.45, 7) is 3.68. The molecular formula is C27H25N3O4. The van der Waals surface area contributed by atoms with E-state index in [4.69, 9.17) is 9.47 Å². The van der Waals surface area contributed by atoms with Crippen LogP contribution >= 0.6 is 0 Å². The molecule has 0 fully saturated rings. The number of nitrogens with one attached hydrogen (secondary N) is 2. The van der Waals surface area contributed by atoms with Gasteiger partial charge in [0.05, 0.1) is 12.8 Å². The summed E-state index contributed by atoms with van der Waals surface area (Å²) < 4.78 is 10.7. The number of methoxy groups -OCH3 is 1. The Kier molecular flexibility index (Phi) is 8.03. The minimum Gasteiger partial charge on any atom is -0.495 e. The van der Waals surface area contributed by atoms with Gasteiger partial charge in [0.25, 0.3) is 11.8 Å². The Bertz CT molecular complexity index is 1260. The van der Waals surface area contributed by atoms with Crippen molar-refractivity contribution in [1.29, 1.82) is 5.26 Å². The van der Waals surface area contributed by atoms with Gasteiger partial charge in [-0.2, -0.15) is 5.26 Å². The van der Waals surface area contributed by atoms with Crippen LogP contribution in [0.2, 0.25) is 0 Å². The highest BCUT2D eigenvalue weighted by molar-refractivity contribution is 6.10. The van der Waals surface area contributed by atoms with Crippen LogP contribution in [0.25, 0.3) is 6.08 Å². The van der Waals surface area contributed by atoms with Gasteiger partial charge in [-0.1, -0.05) is 36.4 Å². The van der Waals surface area contributed by atoms with Crippen molar-refractivity contribution in [2.75, 3.05) is 24.4 Å². The molecule has 0 unspecified atom stereocenters. The summed E-state index contributed by atoms with van der Waals surface area (Å²) in [5.74, 6) is 0.223. The van der Waals surface area contributed by atoms with Gasteiger partial charge in [-0.3, -0.25) is 9.59 Å². The summed E-state index contributed by atoms with van der Waals surface area (Å²) in [6, 6.07) is 21.4. The zero-order valence-electron chi connectivity index (χ0n) is 19.2. The van der Waals surface area contributed by atoms with Crippen LogP contribution < -0.4 is 20.1 Å². The number of rotatable bonds is 8. The molecule has 0 saturated carbocycles. The van der Waals surface area contributed by atoms with Crippen LogP contribution in [0.3, 0.4) is 0 Å². The molecule has 0 atom stereocenters. The zero-order valence-corrected chi connectivity index (χ0v) is 19.2. The number of ether oxygens (including phenoxy) is 2. The molecule has 0 saturated heterocycles. The van der Waals surface area contributed by atoms with E-state index in [1.807, 2.05) is 38.1 Å². The summed E-state index contributed by atoms with van der Waals surface area (Å²) in [7, 11) is 1.53. The standard InChI is InChI=1S/C27H25N3O4/c1-18-7-6-9-23(19(18)2)30-27(32)21(16-28)15-20-11-13-22(14-12-20)34-17-26(31)29-24-8-4-5-10-25(24)33-3/h4-15H,17H2,1-3H3,(H,29,31)(H,30,32)/b21-15+. The molecule has 3 aromatic carbocycles. The van der Waals surface area contributed by atoms with Crippen LogP contribution in [0.1, 0.15) is 16.7 Å². The lowest BCUT2D eigenvalue weighted by atomic mass is 10.1. The van der Waals surface area contributed by atoms with Gasteiger partial charge in [0.15, 0.2) is 6.61 Å². The van der Waals surface area contributed by atoms with Crippen LogP contribution in [0.4, 0.5) is 11.4 Å². The first-order valence-corrected chi connectivity index (χ1v) is 10.6. The second kappa shape index (κ2) is 11.3. The minimum absolute atomic E-state index is 0.0224. The third kappa shape index (κ3) is 6.24. The van der Waals surface area contributed by atoms with Crippen molar-refractivity contribution in [2.24, 2.45) is 0 Å². The van der Waals surface area contributed by atoms with Crippen LogP contribution in [0, 0.1) is 25.2 Å². The maximum atomic E-state index is 12.6. The summed E-state index contributed by atoms with van der Waals surface area (Å²) in [4.78, 5) is 24.8. The van der Waals surface area contributed by atoms with E-state index in [-0.39, 0.29) is 18.1 Å². The van der Waals surface area contributed by atoms with E-state index in [9.17, 15) is 14.9 Å². The normalized spacial score (nSPS) is 10.7. The van der Waals surface area contributed by atoms with Crippen molar-refractivity contribution in [3.8, 4) is 17.6 Å². The lowest BCUT2D eigenvalue weighted by Gasteiger charge is -2.11. The highest BCUT2D eigenvalue weighted by atomic mass is 16.5. The molecule has 3 aromatic rings. The molecule has 0 bridgehead atoms. The van der Waals surface area contributed by atoms with Crippen molar-refractivity contribution >= 4 is 29.3 Å². The second-order valence-corrected chi connectivity index (χ2v) is 7.48. The van der Waals surface area contributed by atoms with Crippen LogP contribution in [-0.2, 0) is 9.59 Å². The number of nitriles is 1. The van der Waals surface area contributed by atoms with Crippen molar-refractivity contribution in [3.63, 3.8) is 0 Å². The Hall–Kier alpha value is -4.57. The van der Waals surface area contributed by atoms with Gasteiger partial charge in [0.2, 0.25) is 0 Å². The van der Waals surface area contributed by atoms with Crippen LogP contribution in [-0.4, -0.2) is 25.5 Å². The van der Waals surface area contributed by atoms with Crippen molar-refractivity contribution in [2.45, 2.75) is 13.8 Å². The summed E-state index contributed by atoms with van der Waals surface area (Å²) in [5, 5.41) is 15.0. The van der Waals surface area contributed by atoms with Crippen LogP contribution in [0.5, 0.6) is 11.5 Å². The molecule has 0 aliphatic carbocycles. The Morgan fingerprint density at radius 3 is 2.35 bits per heavy atom. The van der Waals surface area contributed by atoms with Crippen molar-refractivity contribution in [3.05, 3.63) is 89.0 Å². The fourth-order valence-electron chi connectivity index (χ4n) is 3.13. The molecule has 0 aliphatic rings. The molecule has 2 amide bonds. The topological polar surface area (TPSA) is 100 Å². The number of aryl methyl sites for hydroxylation is 1. The summed E-state index contributed by atoms with van der Waals surface area (Å²) >= 11 is 0. The number of nitrogens with zero attached hydrogens (tertiary/aromatic N) is 1. The number of hydrogen-bond donors (Lipinski definition) is 2. The highest BCUT2D eigenvalue weighted by Crippen LogP contribution is 2.23. The average molecular weight is 456 g/mol. The third-order valence-corrected chi connectivity index (χ3v) is 5.16. The summed E-state index contributed by atoms with van der Waals surface area (Å²) in [5.41, 5.74) is 3.85. The number of anilines is 2. The number of carbonyl (C=O) groups excluding carboxylic acids is 2. The van der Waals surface area contributed by atoms with E-state index < -0.39 is 5.91 Å². The van der Waals surface area contributed by atoms with E-state index in [1.165, 1.54) is 13.2 Å². The Labute approximate surface area is 198 Å².